The average molecular weight is 408 g/mol. The monoisotopic (exact) mass is 408 g/mol. The fraction of sp³-hybridized carbons (Fsp3) is 0.368. The molecule has 0 fully saturated rings. The Labute approximate surface area is 165 Å². The van der Waals surface area contributed by atoms with Crippen molar-refractivity contribution in [2.75, 3.05) is 5.75 Å². The van der Waals surface area contributed by atoms with Crippen LogP contribution in [0.3, 0.4) is 0 Å². The Hall–Kier alpha value is -2.06. The molecule has 0 unspecified atom stereocenters. The van der Waals surface area contributed by atoms with Gasteiger partial charge < -0.3 is 8.83 Å². The van der Waals surface area contributed by atoms with Crippen LogP contribution < -0.4 is 0 Å². The smallest absolute Gasteiger partial charge is 0.255 e. The topological polar surface area (TPSA) is 94.6 Å². The summed E-state index contributed by atoms with van der Waals surface area (Å²) >= 11 is 1.80. The summed E-state index contributed by atoms with van der Waals surface area (Å²) in [6, 6.07) is 6.28. The van der Waals surface area contributed by atoms with E-state index >= 15 is 0 Å². The van der Waals surface area contributed by atoms with Gasteiger partial charge in [0.05, 0.1) is 17.3 Å². The summed E-state index contributed by atoms with van der Waals surface area (Å²) in [5.74, 6) is -0.481. The van der Waals surface area contributed by atoms with E-state index in [1.54, 1.807) is 32.0 Å². The predicted molar refractivity (Wildman–Crippen MR) is 104 cm³/mol. The van der Waals surface area contributed by atoms with E-state index < -0.39 is 10.7 Å². The number of carbonyl (C=O) groups is 4. The third-order valence-corrected chi connectivity index (χ3v) is 6.04. The second-order valence-electron chi connectivity index (χ2n) is 6.39. The van der Waals surface area contributed by atoms with Gasteiger partial charge in [0.1, 0.15) is 11.6 Å². The van der Waals surface area contributed by atoms with Crippen molar-refractivity contribution < 1.29 is 28.0 Å². The quantitative estimate of drug-likeness (QED) is 0.607. The van der Waals surface area contributed by atoms with Crippen LogP contribution >= 0.6 is 23.5 Å². The number of rotatable bonds is 9. The molecular formula is C19H20O6S2. The van der Waals surface area contributed by atoms with Gasteiger partial charge in [-0.15, -0.1) is 0 Å². The normalized spacial score (nSPS) is 12.6. The molecule has 0 spiro atoms. The first-order valence-electron chi connectivity index (χ1n) is 8.22. The number of hydrogen-bond donors (Lipinski definition) is 0. The van der Waals surface area contributed by atoms with E-state index in [9.17, 15) is 19.2 Å². The zero-order valence-corrected chi connectivity index (χ0v) is 16.9. The lowest BCUT2D eigenvalue weighted by Crippen LogP contribution is -2.33. The summed E-state index contributed by atoms with van der Waals surface area (Å²) in [5, 5.41) is -0.638. The minimum atomic E-state index is -1.02. The number of carbonyl (C=O) groups excluding carboxylic acids is 4. The summed E-state index contributed by atoms with van der Waals surface area (Å²) in [5.41, 5.74) is 0. The fourth-order valence-corrected chi connectivity index (χ4v) is 4.01. The molecule has 8 heteroatoms. The van der Waals surface area contributed by atoms with Crippen molar-refractivity contribution >= 4 is 45.3 Å². The van der Waals surface area contributed by atoms with Gasteiger partial charge >= 0.3 is 0 Å². The molecule has 0 aromatic carbocycles. The van der Waals surface area contributed by atoms with Gasteiger partial charge in [0.25, 0.3) is 10.2 Å². The average Bonchev–Trinajstić information content (AvgIpc) is 3.30. The van der Waals surface area contributed by atoms with Crippen molar-refractivity contribution in [2.24, 2.45) is 5.92 Å². The Balaban J connectivity index is 1.95. The van der Waals surface area contributed by atoms with Crippen LogP contribution in [0.2, 0.25) is 0 Å². The lowest BCUT2D eigenvalue weighted by molar-refractivity contribution is -0.126. The van der Waals surface area contributed by atoms with E-state index in [2.05, 4.69) is 0 Å². The maximum absolute atomic E-state index is 12.7. The summed E-state index contributed by atoms with van der Waals surface area (Å²) in [7, 11) is 0. The molecule has 6 nitrogen and oxygen atoms in total. The zero-order chi connectivity index (χ0) is 20.0. The lowest BCUT2D eigenvalue weighted by Gasteiger charge is -2.23. The number of thioether (sulfide) groups is 2. The maximum atomic E-state index is 12.7. The highest BCUT2D eigenvalue weighted by Gasteiger charge is 2.35. The van der Waals surface area contributed by atoms with Gasteiger partial charge in [0.2, 0.25) is 0 Å². The Morgan fingerprint density at radius 1 is 1.00 bits per heavy atom. The molecule has 0 bridgehead atoms. The molecule has 0 radical (unpaired) electrons. The minimum absolute atomic E-state index is 0.0425. The first-order valence-corrected chi connectivity index (χ1v) is 10.0. The van der Waals surface area contributed by atoms with Crippen molar-refractivity contribution in [1.82, 2.24) is 0 Å². The van der Waals surface area contributed by atoms with Gasteiger partial charge in [-0.05, 0) is 45.0 Å². The largest absolute Gasteiger partial charge is 0.460 e. The van der Waals surface area contributed by atoms with Gasteiger partial charge in [-0.25, -0.2) is 0 Å². The SMILES string of the molecule is CC(=O)[C@H](CSC(=O)c1ccco1)CC(=O)C(C)(C)SC(=O)c1ccco1. The summed E-state index contributed by atoms with van der Waals surface area (Å²) in [6.45, 7) is 4.67. The van der Waals surface area contributed by atoms with Crippen LogP contribution in [0.1, 0.15) is 48.3 Å². The van der Waals surface area contributed by atoms with Crippen LogP contribution in [0.15, 0.2) is 45.6 Å². The van der Waals surface area contributed by atoms with Crippen molar-refractivity contribution in [1.29, 1.82) is 0 Å². The molecule has 0 saturated carbocycles. The molecule has 0 aliphatic carbocycles. The Morgan fingerprint density at radius 2 is 1.56 bits per heavy atom. The highest BCUT2D eigenvalue weighted by molar-refractivity contribution is 8.15. The molecule has 27 heavy (non-hydrogen) atoms. The first-order chi connectivity index (χ1) is 12.7. The van der Waals surface area contributed by atoms with Crippen molar-refractivity contribution in [3.63, 3.8) is 0 Å². The third kappa shape index (κ3) is 5.97. The van der Waals surface area contributed by atoms with Crippen LogP contribution in [-0.2, 0) is 9.59 Å². The van der Waals surface area contributed by atoms with Gasteiger partial charge in [0, 0.05) is 18.1 Å². The summed E-state index contributed by atoms with van der Waals surface area (Å²) < 4.78 is 9.07. The van der Waals surface area contributed by atoms with E-state index in [-0.39, 0.29) is 45.5 Å². The van der Waals surface area contributed by atoms with E-state index in [1.807, 2.05) is 0 Å². The molecule has 2 heterocycles. The number of Topliss-reactive ketones (excluding diaryl/α,β-unsaturated/α-hetero) is 2. The van der Waals surface area contributed by atoms with E-state index in [4.69, 9.17) is 8.83 Å². The number of hydrogen-bond acceptors (Lipinski definition) is 8. The molecule has 0 saturated heterocycles. The van der Waals surface area contributed by atoms with Gasteiger partial charge in [-0.1, -0.05) is 23.5 Å². The Kier molecular flexibility index (Phi) is 7.26. The maximum Gasteiger partial charge on any atom is 0.255 e. The predicted octanol–water partition coefficient (Wildman–Crippen LogP) is 4.26. The molecule has 0 aliphatic heterocycles. The second kappa shape index (κ2) is 9.23. The van der Waals surface area contributed by atoms with Crippen molar-refractivity contribution in [3.05, 3.63) is 48.3 Å². The zero-order valence-electron chi connectivity index (χ0n) is 15.2. The fourth-order valence-electron chi connectivity index (χ4n) is 2.17. The molecule has 0 amide bonds. The molecule has 0 aliphatic rings. The number of furan rings is 2. The molecule has 2 rings (SSSR count). The van der Waals surface area contributed by atoms with Crippen LogP contribution in [0.25, 0.3) is 0 Å². The van der Waals surface area contributed by atoms with Crippen LogP contribution in [0.5, 0.6) is 0 Å². The molecule has 144 valence electrons. The Bertz CT molecular complexity index is 805. The lowest BCUT2D eigenvalue weighted by atomic mass is 9.94. The van der Waals surface area contributed by atoms with Crippen LogP contribution in [0, 0.1) is 5.92 Å². The van der Waals surface area contributed by atoms with Gasteiger partial charge in [-0.3, -0.25) is 19.2 Å². The van der Waals surface area contributed by atoms with Crippen molar-refractivity contribution in [2.45, 2.75) is 31.9 Å². The Morgan fingerprint density at radius 3 is 2.04 bits per heavy atom. The third-order valence-electron chi connectivity index (χ3n) is 3.89. The minimum Gasteiger partial charge on any atom is -0.460 e. The summed E-state index contributed by atoms with van der Waals surface area (Å²) in [6.07, 6.45) is 2.75. The molecular weight excluding hydrogens is 388 g/mol. The van der Waals surface area contributed by atoms with E-state index in [0.29, 0.717) is 0 Å². The van der Waals surface area contributed by atoms with Crippen LogP contribution in [0.4, 0.5) is 0 Å². The van der Waals surface area contributed by atoms with E-state index in [0.717, 1.165) is 23.5 Å². The standard InChI is InChI=1S/C19H20O6S2/c1-12(20)13(11-26-17(22)14-6-4-8-24-14)10-16(21)19(2,3)27-18(23)15-7-5-9-25-15/h4-9,13H,10-11H2,1-3H3/t13-/m0/s1. The molecule has 2 aromatic heterocycles. The van der Waals surface area contributed by atoms with Gasteiger partial charge in [0.15, 0.2) is 11.5 Å². The molecule has 2 aromatic rings. The highest BCUT2D eigenvalue weighted by Crippen LogP contribution is 2.32. The second-order valence-corrected chi connectivity index (χ2v) is 8.98. The van der Waals surface area contributed by atoms with Crippen molar-refractivity contribution in [3.8, 4) is 0 Å². The summed E-state index contributed by atoms with van der Waals surface area (Å²) in [4.78, 5) is 48.8. The number of ketones is 2. The first kappa shape index (κ1) is 21.2. The van der Waals surface area contributed by atoms with E-state index in [1.165, 1.54) is 25.5 Å². The highest BCUT2D eigenvalue weighted by atomic mass is 32.2. The molecule has 1 atom stereocenters. The molecule has 0 N–H and O–H groups in total. The van der Waals surface area contributed by atoms with Gasteiger partial charge in [-0.2, -0.15) is 0 Å². The van der Waals surface area contributed by atoms with Crippen LogP contribution in [-0.4, -0.2) is 32.3 Å².